The third-order valence-corrected chi connectivity index (χ3v) is 4.87. The van der Waals surface area contributed by atoms with Crippen LogP contribution in [0.25, 0.3) is 0 Å². The summed E-state index contributed by atoms with van der Waals surface area (Å²) in [6, 6.07) is 7.04. The highest BCUT2D eigenvalue weighted by molar-refractivity contribution is 6.31. The summed E-state index contributed by atoms with van der Waals surface area (Å²) in [5.74, 6) is -0.922. The van der Waals surface area contributed by atoms with Crippen LogP contribution in [-0.2, 0) is 16.1 Å². The van der Waals surface area contributed by atoms with Crippen LogP contribution in [0, 0.1) is 13.8 Å². The van der Waals surface area contributed by atoms with Gasteiger partial charge in [-0.25, -0.2) is 4.79 Å². The number of urea groups is 1. The molecule has 7 nitrogen and oxygen atoms in total. The monoisotopic (exact) mass is 405 g/mol. The first-order valence-corrected chi connectivity index (χ1v) is 9.28. The number of Topliss-reactive ketones (excluding diaryl/α,β-unsaturated/α-hetero) is 1. The van der Waals surface area contributed by atoms with Gasteiger partial charge in [0.1, 0.15) is 0 Å². The molecule has 8 heteroatoms. The van der Waals surface area contributed by atoms with Gasteiger partial charge in [0.25, 0.3) is 0 Å². The first kappa shape index (κ1) is 21.5. The Morgan fingerprint density at radius 1 is 1.25 bits per heavy atom. The number of ether oxygens (including phenoxy) is 1. The number of primary amides is 1. The molecule has 1 aromatic heterocycles. The van der Waals surface area contributed by atoms with Crippen molar-refractivity contribution in [3.8, 4) is 0 Å². The number of aryl methyl sites for hydroxylation is 1. The Bertz CT molecular complexity index is 892. The van der Waals surface area contributed by atoms with Gasteiger partial charge in [-0.1, -0.05) is 29.8 Å². The molecule has 0 radical (unpaired) electrons. The molecule has 2 aromatic rings. The number of benzene rings is 1. The van der Waals surface area contributed by atoms with E-state index in [1.807, 2.05) is 25.3 Å². The molecular weight excluding hydrogens is 382 g/mol. The highest BCUT2D eigenvalue weighted by atomic mass is 35.5. The summed E-state index contributed by atoms with van der Waals surface area (Å²) < 4.78 is 7.15. The molecule has 0 saturated carbocycles. The van der Waals surface area contributed by atoms with E-state index >= 15 is 0 Å². The van der Waals surface area contributed by atoms with Gasteiger partial charge in [0.2, 0.25) is 5.78 Å². The minimum atomic E-state index is -0.791. The van der Waals surface area contributed by atoms with Crippen LogP contribution >= 0.6 is 11.6 Å². The topological polar surface area (TPSA) is 103 Å². The minimum Gasteiger partial charge on any atom is -0.457 e. The van der Waals surface area contributed by atoms with Crippen molar-refractivity contribution in [1.29, 1.82) is 0 Å². The Labute approximate surface area is 168 Å². The average molecular weight is 406 g/mol. The van der Waals surface area contributed by atoms with E-state index in [1.54, 1.807) is 30.3 Å². The van der Waals surface area contributed by atoms with Crippen LogP contribution < -0.4 is 11.1 Å². The van der Waals surface area contributed by atoms with E-state index in [9.17, 15) is 14.4 Å². The fourth-order valence-corrected chi connectivity index (χ4v) is 3.45. The van der Waals surface area contributed by atoms with Crippen LogP contribution in [0.3, 0.4) is 0 Å². The molecule has 0 aliphatic heterocycles. The van der Waals surface area contributed by atoms with Crippen molar-refractivity contribution in [1.82, 2.24) is 9.88 Å². The van der Waals surface area contributed by atoms with Crippen LogP contribution in [0.4, 0.5) is 4.79 Å². The van der Waals surface area contributed by atoms with Crippen molar-refractivity contribution in [3.05, 3.63) is 57.9 Å². The SMILES string of the molecule is CCn1c(C)cc(C(=O)COC(=O)C[C@@H](NC(N)=O)c2ccccc2Cl)c1C. The number of carbonyl (C=O) groups excluding carboxylic acids is 3. The van der Waals surface area contributed by atoms with Gasteiger partial charge < -0.3 is 20.4 Å². The van der Waals surface area contributed by atoms with Crippen LogP contribution in [0.2, 0.25) is 5.02 Å². The number of esters is 1. The summed E-state index contributed by atoms with van der Waals surface area (Å²) in [4.78, 5) is 36.0. The zero-order chi connectivity index (χ0) is 20.8. The molecule has 2 amide bonds. The number of ketones is 1. The Kier molecular flexibility index (Phi) is 7.23. The first-order valence-electron chi connectivity index (χ1n) is 8.90. The maximum Gasteiger partial charge on any atom is 0.312 e. The average Bonchev–Trinajstić information content (AvgIpc) is 2.93. The summed E-state index contributed by atoms with van der Waals surface area (Å²) in [6.45, 7) is 6.15. The molecular formula is C20H24ClN3O4. The van der Waals surface area contributed by atoms with Gasteiger partial charge in [-0.2, -0.15) is 0 Å². The van der Waals surface area contributed by atoms with Gasteiger partial charge in [0.15, 0.2) is 6.61 Å². The molecule has 2 rings (SSSR count). The van der Waals surface area contributed by atoms with E-state index < -0.39 is 18.0 Å². The summed E-state index contributed by atoms with van der Waals surface area (Å²) >= 11 is 6.14. The van der Waals surface area contributed by atoms with E-state index in [0.717, 1.165) is 17.9 Å². The number of rotatable bonds is 8. The molecule has 0 aliphatic rings. The predicted molar refractivity (Wildman–Crippen MR) is 106 cm³/mol. The third kappa shape index (κ3) is 5.13. The van der Waals surface area contributed by atoms with Crippen LogP contribution in [-0.4, -0.2) is 29.0 Å². The lowest BCUT2D eigenvalue weighted by Gasteiger charge is -2.18. The summed E-state index contributed by atoms with van der Waals surface area (Å²) in [5, 5.41) is 2.87. The lowest BCUT2D eigenvalue weighted by Crippen LogP contribution is -2.35. The molecule has 0 bridgehead atoms. The Morgan fingerprint density at radius 3 is 2.50 bits per heavy atom. The highest BCUT2D eigenvalue weighted by Crippen LogP contribution is 2.25. The molecule has 0 spiro atoms. The summed E-state index contributed by atoms with van der Waals surface area (Å²) in [7, 11) is 0. The lowest BCUT2D eigenvalue weighted by molar-refractivity contribution is -0.143. The molecule has 0 saturated heterocycles. The molecule has 1 aromatic carbocycles. The van der Waals surface area contributed by atoms with Crippen LogP contribution in [0.15, 0.2) is 30.3 Å². The maximum absolute atomic E-state index is 12.4. The van der Waals surface area contributed by atoms with E-state index in [0.29, 0.717) is 16.1 Å². The van der Waals surface area contributed by atoms with Crippen molar-refractivity contribution in [3.63, 3.8) is 0 Å². The maximum atomic E-state index is 12.4. The van der Waals surface area contributed by atoms with Gasteiger partial charge in [0, 0.05) is 28.5 Å². The Morgan fingerprint density at radius 2 is 1.93 bits per heavy atom. The first-order chi connectivity index (χ1) is 13.2. The minimum absolute atomic E-state index is 0.200. The lowest BCUT2D eigenvalue weighted by atomic mass is 10.0. The van der Waals surface area contributed by atoms with Crippen molar-refractivity contribution in [2.45, 2.75) is 39.8 Å². The number of nitrogens with one attached hydrogen (secondary N) is 1. The molecule has 0 unspecified atom stereocenters. The number of aromatic nitrogens is 1. The molecule has 0 fully saturated rings. The summed E-state index contributed by atoms with van der Waals surface area (Å²) in [5.41, 5.74) is 8.08. The molecule has 28 heavy (non-hydrogen) atoms. The number of nitrogens with zero attached hydrogens (tertiary/aromatic N) is 1. The molecule has 1 atom stereocenters. The summed E-state index contributed by atoms with van der Waals surface area (Å²) in [6.07, 6.45) is -0.200. The van der Waals surface area contributed by atoms with Crippen molar-refractivity contribution >= 4 is 29.4 Å². The van der Waals surface area contributed by atoms with Gasteiger partial charge in [-0.3, -0.25) is 9.59 Å². The highest BCUT2D eigenvalue weighted by Gasteiger charge is 2.22. The van der Waals surface area contributed by atoms with Crippen molar-refractivity contribution in [2.24, 2.45) is 5.73 Å². The van der Waals surface area contributed by atoms with Crippen LogP contribution in [0.5, 0.6) is 0 Å². The van der Waals surface area contributed by atoms with Crippen molar-refractivity contribution in [2.75, 3.05) is 6.61 Å². The number of amides is 2. The Balaban J connectivity index is 2.04. The van der Waals surface area contributed by atoms with Gasteiger partial charge in [-0.15, -0.1) is 0 Å². The second-order valence-corrected chi connectivity index (χ2v) is 6.81. The molecule has 3 N–H and O–H groups in total. The Hall–Kier alpha value is -2.80. The normalized spacial score (nSPS) is 11.7. The molecule has 1 heterocycles. The smallest absolute Gasteiger partial charge is 0.312 e. The second-order valence-electron chi connectivity index (χ2n) is 6.40. The van der Waals surface area contributed by atoms with E-state index in [4.69, 9.17) is 22.1 Å². The van der Waals surface area contributed by atoms with Gasteiger partial charge >= 0.3 is 12.0 Å². The number of nitrogens with two attached hydrogens (primary N) is 1. The zero-order valence-corrected chi connectivity index (χ0v) is 16.9. The fourth-order valence-electron chi connectivity index (χ4n) is 3.19. The molecule has 0 aliphatic carbocycles. The van der Waals surface area contributed by atoms with Crippen molar-refractivity contribution < 1.29 is 19.1 Å². The van der Waals surface area contributed by atoms with E-state index in [-0.39, 0.29) is 18.8 Å². The van der Waals surface area contributed by atoms with Gasteiger partial charge in [-0.05, 0) is 38.5 Å². The van der Waals surface area contributed by atoms with E-state index in [1.165, 1.54) is 0 Å². The standard InChI is InChI=1S/C20H24ClN3O4/c1-4-24-12(2)9-15(13(24)3)18(25)11-28-19(26)10-17(23-20(22)27)14-7-5-6-8-16(14)21/h5-9,17H,4,10-11H2,1-3H3,(H3,22,23,27)/t17-/m1/s1. The fraction of sp³-hybridized carbons (Fsp3) is 0.350. The number of hydrogen-bond acceptors (Lipinski definition) is 4. The van der Waals surface area contributed by atoms with E-state index in [2.05, 4.69) is 5.32 Å². The quantitative estimate of drug-likeness (QED) is 0.519. The number of carbonyl (C=O) groups is 3. The largest absolute Gasteiger partial charge is 0.457 e. The predicted octanol–water partition coefficient (Wildman–Crippen LogP) is 3.30. The van der Waals surface area contributed by atoms with Gasteiger partial charge in [0.05, 0.1) is 12.5 Å². The second kappa shape index (κ2) is 9.41. The number of hydrogen-bond donors (Lipinski definition) is 2. The van der Waals surface area contributed by atoms with Crippen LogP contribution in [0.1, 0.15) is 46.7 Å². The zero-order valence-electron chi connectivity index (χ0n) is 16.1. The number of halogens is 1. The molecule has 150 valence electrons. The third-order valence-electron chi connectivity index (χ3n) is 4.52.